The maximum Gasteiger partial charge on any atom is 0.178 e. The number of likely N-dealkylation sites (N-methyl/N-ethyl adjacent to an activating group) is 1. The van der Waals surface area contributed by atoms with Gasteiger partial charge in [-0.1, -0.05) is 6.92 Å². The van der Waals surface area contributed by atoms with Crippen molar-refractivity contribution in [3.63, 3.8) is 0 Å². The first kappa shape index (κ1) is 8.97. The molecule has 1 fully saturated rings. The second-order valence-corrected chi connectivity index (χ2v) is 3.37. The van der Waals surface area contributed by atoms with E-state index in [1.165, 1.54) is 0 Å². The molecule has 0 amide bonds. The monoisotopic (exact) mass is 159 g/mol. The molecule has 66 valence electrons. The lowest BCUT2D eigenvalue weighted by molar-refractivity contribution is -0.199. The molecule has 1 aliphatic heterocycles. The lowest BCUT2D eigenvalue weighted by Gasteiger charge is -2.31. The van der Waals surface area contributed by atoms with E-state index in [1.807, 2.05) is 11.9 Å². The summed E-state index contributed by atoms with van der Waals surface area (Å²) in [5.74, 6) is -1.48. The van der Waals surface area contributed by atoms with E-state index < -0.39 is 5.79 Å². The molecule has 2 N–H and O–H groups in total. The Balaban J connectivity index is 2.58. The van der Waals surface area contributed by atoms with Gasteiger partial charge in [0.05, 0.1) is 6.04 Å². The Labute approximate surface area is 67.6 Å². The average molecular weight is 159 g/mol. The van der Waals surface area contributed by atoms with E-state index in [4.69, 9.17) is 0 Å². The zero-order valence-electron chi connectivity index (χ0n) is 7.25. The highest BCUT2D eigenvalue weighted by Gasteiger charge is 2.37. The fraction of sp³-hybridized carbons (Fsp3) is 1.00. The molecule has 11 heavy (non-hydrogen) atoms. The number of aliphatic hydroxyl groups is 2. The van der Waals surface area contributed by atoms with Crippen LogP contribution in [0.3, 0.4) is 0 Å². The van der Waals surface area contributed by atoms with Gasteiger partial charge in [-0.05, 0) is 32.9 Å². The van der Waals surface area contributed by atoms with Crippen LogP contribution in [0, 0.1) is 0 Å². The lowest BCUT2D eigenvalue weighted by Crippen LogP contribution is -2.47. The van der Waals surface area contributed by atoms with Crippen LogP contribution in [0.25, 0.3) is 0 Å². The van der Waals surface area contributed by atoms with Gasteiger partial charge >= 0.3 is 0 Å². The Morgan fingerprint density at radius 3 is 2.55 bits per heavy atom. The number of hydrogen-bond acceptors (Lipinski definition) is 3. The minimum atomic E-state index is -1.48. The van der Waals surface area contributed by atoms with Crippen LogP contribution in [0.4, 0.5) is 0 Å². The topological polar surface area (TPSA) is 43.7 Å². The first-order valence-electron chi connectivity index (χ1n) is 4.23. The van der Waals surface area contributed by atoms with Gasteiger partial charge in [0.25, 0.3) is 0 Å². The zero-order chi connectivity index (χ0) is 8.48. The molecule has 0 aromatic rings. The third kappa shape index (κ3) is 1.72. The Bertz CT molecular complexity index is 136. The molecule has 0 aromatic carbocycles. The standard InChI is InChI=1S/C8H17NO2/c1-3-8(10,11)7-5-4-6-9(7)2/h7,10-11H,3-6H2,1-2H3. The Hall–Kier alpha value is -0.120. The van der Waals surface area contributed by atoms with Gasteiger partial charge in [-0.25, -0.2) is 0 Å². The summed E-state index contributed by atoms with van der Waals surface area (Å²) < 4.78 is 0. The lowest BCUT2D eigenvalue weighted by atomic mass is 10.0. The fourth-order valence-electron chi connectivity index (χ4n) is 1.73. The third-order valence-corrected chi connectivity index (χ3v) is 2.57. The van der Waals surface area contributed by atoms with Crippen molar-refractivity contribution >= 4 is 0 Å². The van der Waals surface area contributed by atoms with E-state index >= 15 is 0 Å². The average Bonchev–Trinajstić information content (AvgIpc) is 2.36. The van der Waals surface area contributed by atoms with Crippen LogP contribution >= 0.6 is 0 Å². The Morgan fingerprint density at radius 2 is 2.18 bits per heavy atom. The van der Waals surface area contributed by atoms with Crippen LogP contribution in [0.2, 0.25) is 0 Å². The minimum Gasteiger partial charge on any atom is -0.364 e. The molecule has 0 aromatic heterocycles. The quantitative estimate of drug-likeness (QED) is 0.564. The van der Waals surface area contributed by atoms with E-state index in [2.05, 4.69) is 0 Å². The SMILES string of the molecule is CCC(O)(O)C1CCCN1C. The molecule has 1 aliphatic rings. The van der Waals surface area contributed by atoms with Crippen molar-refractivity contribution in [1.29, 1.82) is 0 Å². The van der Waals surface area contributed by atoms with Gasteiger partial charge in [-0.15, -0.1) is 0 Å². The van der Waals surface area contributed by atoms with E-state index in [9.17, 15) is 10.2 Å². The summed E-state index contributed by atoms with van der Waals surface area (Å²) in [4.78, 5) is 2.02. The Morgan fingerprint density at radius 1 is 1.55 bits per heavy atom. The molecule has 0 aliphatic carbocycles. The van der Waals surface area contributed by atoms with Crippen molar-refractivity contribution in [2.24, 2.45) is 0 Å². The number of hydrogen-bond donors (Lipinski definition) is 2. The summed E-state index contributed by atoms with van der Waals surface area (Å²) in [5, 5.41) is 19.0. The van der Waals surface area contributed by atoms with Gasteiger partial charge in [0.2, 0.25) is 0 Å². The summed E-state index contributed by atoms with van der Waals surface area (Å²) >= 11 is 0. The maximum absolute atomic E-state index is 9.51. The molecule has 1 rings (SSSR count). The van der Waals surface area contributed by atoms with Crippen LogP contribution in [0.1, 0.15) is 26.2 Å². The predicted molar refractivity (Wildman–Crippen MR) is 43.1 cm³/mol. The van der Waals surface area contributed by atoms with Crippen molar-refractivity contribution in [2.75, 3.05) is 13.6 Å². The largest absolute Gasteiger partial charge is 0.364 e. The van der Waals surface area contributed by atoms with E-state index in [1.54, 1.807) is 6.92 Å². The van der Waals surface area contributed by atoms with Crippen LogP contribution < -0.4 is 0 Å². The molecule has 0 saturated carbocycles. The number of nitrogens with zero attached hydrogens (tertiary/aromatic N) is 1. The number of likely N-dealkylation sites (tertiary alicyclic amines) is 1. The molecular formula is C8H17NO2. The third-order valence-electron chi connectivity index (χ3n) is 2.57. The summed E-state index contributed by atoms with van der Waals surface area (Å²) in [6.45, 7) is 2.78. The van der Waals surface area contributed by atoms with Crippen molar-refractivity contribution in [3.05, 3.63) is 0 Å². The van der Waals surface area contributed by atoms with E-state index in [0.29, 0.717) is 6.42 Å². The van der Waals surface area contributed by atoms with Gasteiger partial charge in [0, 0.05) is 0 Å². The van der Waals surface area contributed by atoms with Gasteiger partial charge in [0.15, 0.2) is 5.79 Å². The highest BCUT2D eigenvalue weighted by atomic mass is 16.5. The van der Waals surface area contributed by atoms with Crippen molar-refractivity contribution in [1.82, 2.24) is 4.90 Å². The van der Waals surface area contributed by atoms with Crippen LogP contribution in [0.15, 0.2) is 0 Å². The van der Waals surface area contributed by atoms with Crippen molar-refractivity contribution < 1.29 is 10.2 Å². The summed E-state index contributed by atoms with van der Waals surface area (Å²) in [5.41, 5.74) is 0. The Kier molecular flexibility index (Phi) is 2.52. The van der Waals surface area contributed by atoms with Gasteiger partial charge < -0.3 is 10.2 Å². The first-order valence-corrected chi connectivity index (χ1v) is 4.23. The molecule has 0 bridgehead atoms. The first-order chi connectivity index (χ1) is 5.08. The van der Waals surface area contributed by atoms with E-state index in [-0.39, 0.29) is 6.04 Å². The van der Waals surface area contributed by atoms with Gasteiger partial charge in [0.1, 0.15) is 0 Å². The minimum absolute atomic E-state index is 0.0625. The molecule has 3 heteroatoms. The number of rotatable bonds is 2. The highest BCUT2D eigenvalue weighted by Crippen LogP contribution is 2.25. The van der Waals surface area contributed by atoms with Crippen LogP contribution in [-0.4, -0.2) is 40.5 Å². The second kappa shape index (κ2) is 3.09. The van der Waals surface area contributed by atoms with Crippen molar-refractivity contribution in [3.8, 4) is 0 Å². The van der Waals surface area contributed by atoms with Crippen LogP contribution in [-0.2, 0) is 0 Å². The molecule has 1 unspecified atom stereocenters. The maximum atomic E-state index is 9.51. The smallest absolute Gasteiger partial charge is 0.178 e. The summed E-state index contributed by atoms with van der Waals surface area (Å²) in [6, 6.07) is -0.0625. The summed E-state index contributed by atoms with van der Waals surface area (Å²) in [7, 11) is 1.94. The molecule has 3 nitrogen and oxygen atoms in total. The van der Waals surface area contributed by atoms with Gasteiger partial charge in [-0.2, -0.15) is 0 Å². The molecule has 0 spiro atoms. The normalized spacial score (nSPS) is 27.8. The zero-order valence-corrected chi connectivity index (χ0v) is 7.25. The molecule has 1 atom stereocenters. The fourth-order valence-corrected chi connectivity index (χ4v) is 1.73. The molecular weight excluding hydrogens is 142 g/mol. The molecule has 1 saturated heterocycles. The second-order valence-electron chi connectivity index (χ2n) is 3.37. The highest BCUT2D eigenvalue weighted by molar-refractivity contribution is 4.86. The molecule has 1 heterocycles. The summed E-state index contributed by atoms with van der Waals surface area (Å²) in [6.07, 6.45) is 2.38. The van der Waals surface area contributed by atoms with E-state index in [0.717, 1.165) is 19.4 Å². The molecule has 0 radical (unpaired) electrons. The van der Waals surface area contributed by atoms with Gasteiger partial charge in [-0.3, -0.25) is 4.90 Å². The van der Waals surface area contributed by atoms with Crippen molar-refractivity contribution in [2.45, 2.75) is 38.0 Å². The van der Waals surface area contributed by atoms with Crippen LogP contribution in [0.5, 0.6) is 0 Å². The predicted octanol–water partition coefficient (Wildman–Crippen LogP) is 0.171.